The van der Waals surface area contributed by atoms with E-state index in [1.54, 1.807) is 12.4 Å². The van der Waals surface area contributed by atoms with Gasteiger partial charge in [-0.1, -0.05) is 19.0 Å². The summed E-state index contributed by atoms with van der Waals surface area (Å²) >= 11 is 0. The van der Waals surface area contributed by atoms with Gasteiger partial charge in [-0.2, -0.15) is 4.98 Å². The number of hydrogen-bond acceptors (Lipinski definition) is 9. The van der Waals surface area contributed by atoms with Crippen molar-refractivity contribution in [1.29, 1.82) is 0 Å². The van der Waals surface area contributed by atoms with Crippen molar-refractivity contribution in [2.75, 3.05) is 31.1 Å². The molecule has 2 amide bonds. The number of rotatable bonds is 12. The number of piperidine rings is 1. The lowest BCUT2D eigenvalue weighted by atomic mass is 9.92. The Hall–Kier alpha value is -4.16. The first-order chi connectivity index (χ1) is 19.2. The minimum Gasteiger partial charge on any atom is -0.493 e. The first-order valence-electron chi connectivity index (χ1n) is 13.3. The summed E-state index contributed by atoms with van der Waals surface area (Å²) in [5, 5.41) is 6.08. The molecule has 0 unspecified atom stereocenters. The summed E-state index contributed by atoms with van der Waals surface area (Å²) in [7, 11) is 0. The monoisotopic (exact) mass is 557 g/mol. The number of hydrogen-bond donors (Lipinski definition) is 2. The molecule has 13 heteroatoms. The number of amides is 2. The minimum absolute atomic E-state index is 0.00571. The highest BCUT2D eigenvalue weighted by molar-refractivity contribution is 5.96. The summed E-state index contributed by atoms with van der Waals surface area (Å²) in [6.45, 7) is 5.58. The zero-order valence-electron chi connectivity index (χ0n) is 22.5. The number of halogens is 2. The van der Waals surface area contributed by atoms with Crippen molar-refractivity contribution in [2.24, 2.45) is 17.6 Å². The second kappa shape index (κ2) is 13.3. The molecule has 214 valence electrons. The van der Waals surface area contributed by atoms with Crippen molar-refractivity contribution in [3.63, 3.8) is 0 Å². The van der Waals surface area contributed by atoms with Crippen LogP contribution >= 0.6 is 0 Å². The fourth-order valence-electron chi connectivity index (χ4n) is 4.49. The first-order valence-corrected chi connectivity index (χ1v) is 13.3. The van der Waals surface area contributed by atoms with Gasteiger partial charge in [0.2, 0.25) is 23.6 Å². The Labute approximate surface area is 230 Å². The molecule has 0 radical (unpaired) electrons. The zero-order chi connectivity index (χ0) is 28.6. The average Bonchev–Trinajstić information content (AvgIpc) is 3.38. The Balaban J connectivity index is 1.19. The topological polar surface area (TPSA) is 149 Å². The van der Waals surface area contributed by atoms with Crippen LogP contribution in [0.15, 0.2) is 29.0 Å². The number of carbonyl (C=O) groups is 2. The van der Waals surface area contributed by atoms with Gasteiger partial charge in [-0.15, -0.1) is 0 Å². The molecular formula is C27H33F2N7O4. The van der Waals surface area contributed by atoms with Crippen molar-refractivity contribution in [3.8, 4) is 17.1 Å². The number of benzene rings is 1. The van der Waals surface area contributed by atoms with E-state index in [0.29, 0.717) is 41.5 Å². The molecule has 0 saturated carbocycles. The normalized spacial score (nSPS) is 14.0. The van der Waals surface area contributed by atoms with Gasteiger partial charge in [0, 0.05) is 44.0 Å². The van der Waals surface area contributed by atoms with Crippen molar-refractivity contribution >= 4 is 17.8 Å². The van der Waals surface area contributed by atoms with Crippen molar-refractivity contribution in [2.45, 2.75) is 46.0 Å². The predicted molar refractivity (Wildman–Crippen MR) is 141 cm³/mol. The van der Waals surface area contributed by atoms with Crippen molar-refractivity contribution in [3.05, 3.63) is 47.6 Å². The number of nitrogens with one attached hydrogen (secondary N) is 1. The number of anilines is 1. The standard InChI is InChI=1S/C27H33F2N7O4/c1-16(2)10-23-34-25(35-40-23)18-13-32-27(33-14-18)36-7-5-17(6-8-36)4-3-9-39-19-11-20(28)24(21(29)12-19)26(38)31-15-22(30)37/h11-14,16-17H,3-10,15H2,1-2H3,(H2,30,37)(H,31,38). The van der Waals surface area contributed by atoms with E-state index in [2.05, 4.69) is 44.2 Å². The Bertz CT molecular complexity index is 1290. The molecule has 3 heterocycles. The molecular weight excluding hydrogens is 524 g/mol. The van der Waals surface area contributed by atoms with Crippen LogP contribution in [0.5, 0.6) is 5.75 Å². The summed E-state index contributed by atoms with van der Waals surface area (Å²) in [6.07, 6.45) is 7.69. The average molecular weight is 558 g/mol. The summed E-state index contributed by atoms with van der Waals surface area (Å²) < 4.78 is 39.4. The Morgan fingerprint density at radius 1 is 1.18 bits per heavy atom. The molecule has 0 bridgehead atoms. The molecule has 3 N–H and O–H groups in total. The van der Waals surface area contributed by atoms with Crippen LogP contribution in [0, 0.1) is 23.5 Å². The summed E-state index contributed by atoms with van der Waals surface area (Å²) in [4.78, 5) is 38.2. The third kappa shape index (κ3) is 7.70. The molecule has 11 nitrogen and oxygen atoms in total. The lowest BCUT2D eigenvalue weighted by Gasteiger charge is -2.32. The highest BCUT2D eigenvalue weighted by atomic mass is 19.1. The zero-order valence-corrected chi connectivity index (χ0v) is 22.5. The minimum atomic E-state index is -1.08. The molecule has 2 aromatic heterocycles. The summed E-state index contributed by atoms with van der Waals surface area (Å²) in [5.41, 5.74) is 4.85. The van der Waals surface area contributed by atoms with Gasteiger partial charge in [-0.05, 0) is 37.5 Å². The summed E-state index contributed by atoms with van der Waals surface area (Å²) in [6, 6.07) is 1.91. The van der Waals surface area contributed by atoms with Gasteiger partial charge < -0.3 is 25.2 Å². The molecule has 1 aromatic carbocycles. The molecule has 1 fully saturated rings. The maximum atomic E-state index is 14.3. The van der Waals surface area contributed by atoms with E-state index in [-0.39, 0.29) is 12.4 Å². The summed E-state index contributed by atoms with van der Waals surface area (Å²) in [5.74, 6) is -1.39. The Kier molecular flexibility index (Phi) is 9.56. The van der Waals surface area contributed by atoms with Gasteiger partial charge >= 0.3 is 0 Å². The van der Waals surface area contributed by atoms with E-state index < -0.39 is 35.6 Å². The fraction of sp³-hybridized carbons (Fsp3) is 0.481. The van der Waals surface area contributed by atoms with E-state index in [4.69, 9.17) is 15.0 Å². The third-order valence-corrected chi connectivity index (χ3v) is 6.54. The van der Waals surface area contributed by atoms with Crippen LogP contribution in [0.1, 0.15) is 55.8 Å². The van der Waals surface area contributed by atoms with E-state index in [1.807, 2.05) is 0 Å². The first kappa shape index (κ1) is 28.8. The molecule has 4 rings (SSSR count). The number of aromatic nitrogens is 4. The molecule has 40 heavy (non-hydrogen) atoms. The van der Waals surface area contributed by atoms with Gasteiger partial charge in [0.05, 0.1) is 18.7 Å². The number of nitrogens with zero attached hydrogens (tertiary/aromatic N) is 5. The van der Waals surface area contributed by atoms with Gasteiger partial charge in [0.1, 0.15) is 22.9 Å². The van der Waals surface area contributed by atoms with Crippen LogP contribution in [0.25, 0.3) is 11.4 Å². The predicted octanol–water partition coefficient (Wildman–Crippen LogP) is 3.29. The lowest BCUT2D eigenvalue weighted by Crippen LogP contribution is -2.34. The number of primary amides is 1. The Morgan fingerprint density at radius 3 is 2.48 bits per heavy atom. The molecule has 0 spiro atoms. The molecule has 3 aromatic rings. The van der Waals surface area contributed by atoms with Crippen molar-refractivity contribution in [1.82, 2.24) is 25.4 Å². The van der Waals surface area contributed by atoms with Gasteiger partial charge in [-0.25, -0.2) is 18.7 Å². The molecule has 1 saturated heterocycles. The molecule has 0 atom stereocenters. The van der Waals surface area contributed by atoms with Gasteiger partial charge in [0.25, 0.3) is 5.91 Å². The van der Waals surface area contributed by atoms with Gasteiger partial charge in [0.15, 0.2) is 0 Å². The lowest BCUT2D eigenvalue weighted by molar-refractivity contribution is -0.117. The highest BCUT2D eigenvalue weighted by Crippen LogP contribution is 2.26. The van der Waals surface area contributed by atoms with E-state index >= 15 is 0 Å². The fourth-order valence-corrected chi connectivity index (χ4v) is 4.49. The third-order valence-electron chi connectivity index (χ3n) is 6.54. The van der Waals surface area contributed by atoms with E-state index in [0.717, 1.165) is 50.9 Å². The number of ether oxygens (including phenoxy) is 1. The second-order valence-corrected chi connectivity index (χ2v) is 10.2. The highest BCUT2D eigenvalue weighted by Gasteiger charge is 2.22. The van der Waals surface area contributed by atoms with Crippen LogP contribution in [0.4, 0.5) is 14.7 Å². The maximum Gasteiger partial charge on any atom is 0.257 e. The van der Waals surface area contributed by atoms with Crippen LogP contribution < -0.4 is 20.7 Å². The van der Waals surface area contributed by atoms with Crippen LogP contribution in [0.3, 0.4) is 0 Å². The largest absolute Gasteiger partial charge is 0.493 e. The second-order valence-electron chi connectivity index (χ2n) is 10.2. The van der Waals surface area contributed by atoms with Crippen molar-refractivity contribution < 1.29 is 27.6 Å². The SMILES string of the molecule is CC(C)Cc1nc(-c2cnc(N3CCC(CCCOc4cc(F)c(C(=O)NCC(N)=O)c(F)c4)CC3)nc2)no1. The maximum absolute atomic E-state index is 14.3. The van der Waals surface area contributed by atoms with Crippen LogP contribution in [-0.4, -0.2) is 58.2 Å². The molecule has 1 aliphatic heterocycles. The van der Waals surface area contributed by atoms with Crippen LogP contribution in [0.2, 0.25) is 0 Å². The molecule has 0 aliphatic carbocycles. The quantitative estimate of drug-likeness (QED) is 0.320. The number of carbonyl (C=O) groups excluding carboxylic acids is 2. The van der Waals surface area contributed by atoms with Crippen LogP contribution in [-0.2, 0) is 11.2 Å². The number of nitrogens with two attached hydrogens (primary N) is 1. The van der Waals surface area contributed by atoms with E-state index in [9.17, 15) is 18.4 Å². The van der Waals surface area contributed by atoms with E-state index in [1.165, 1.54) is 0 Å². The smallest absolute Gasteiger partial charge is 0.257 e. The molecule has 1 aliphatic rings. The van der Waals surface area contributed by atoms with Gasteiger partial charge in [-0.3, -0.25) is 9.59 Å². The Morgan fingerprint density at radius 2 is 1.85 bits per heavy atom.